The van der Waals surface area contributed by atoms with E-state index in [0.29, 0.717) is 24.3 Å². The SMILES string of the molecule is COc1ccc(CCNC(=O)/C=C/c2ccc(OCC(N)=O)cc2)cc1OC(F)F. The van der Waals surface area contributed by atoms with Gasteiger partial charge in [0.25, 0.3) is 5.91 Å². The summed E-state index contributed by atoms with van der Waals surface area (Å²) in [6, 6.07) is 11.5. The number of halogens is 2. The number of rotatable bonds is 11. The molecule has 0 fully saturated rings. The molecular formula is C21H22F2N2O5. The molecule has 0 bridgehead atoms. The van der Waals surface area contributed by atoms with E-state index in [4.69, 9.17) is 15.2 Å². The zero-order valence-electron chi connectivity index (χ0n) is 16.3. The number of hydrogen-bond acceptors (Lipinski definition) is 5. The predicted octanol–water partition coefficient (Wildman–Crippen LogP) is 2.53. The van der Waals surface area contributed by atoms with Crippen LogP contribution >= 0.6 is 0 Å². The Bertz CT molecular complexity index is 885. The smallest absolute Gasteiger partial charge is 0.387 e. The number of carbonyl (C=O) groups is 2. The van der Waals surface area contributed by atoms with Crippen LogP contribution in [0.3, 0.4) is 0 Å². The van der Waals surface area contributed by atoms with Gasteiger partial charge in [-0.05, 0) is 47.9 Å². The van der Waals surface area contributed by atoms with E-state index in [9.17, 15) is 18.4 Å². The van der Waals surface area contributed by atoms with Gasteiger partial charge in [0.2, 0.25) is 5.91 Å². The summed E-state index contributed by atoms with van der Waals surface area (Å²) in [4.78, 5) is 22.6. The summed E-state index contributed by atoms with van der Waals surface area (Å²) >= 11 is 0. The minimum absolute atomic E-state index is 0.0560. The molecule has 2 rings (SSSR count). The van der Waals surface area contributed by atoms with E-state index in [2.05, 4.69) is 10.1 Å². The lowest BCUT2D eigenvalue weighted by molar-refractivity contribution is -0.120. The lowest BCUT2D eigenvalue weighted by atomic mass is 10.1. The van der Waals surface area contributed by atoms with Crippen molar-refractivity contribution in [2.45, 2.75) is 13.0 Å². The fourth-order valence-electron chi connectivity index (χ4n) is 2.46. The van der Waals surface area contributed by atoms with Crippen LogP contribution in [0.15, 0.2) is 48.5 Å². The number of amides is 2. The predicted molar refractivity (Wildman–Crippen MR) is 107 cm³/mol. The monoisotopic (exact) mass is 420 g/mol. The van der Waals surface area contributed by atoms with Crippen molar-refractivity contribution in [3.8, 4) is 17.2 Å². The van der Waals surface area contributed by atoms with E-state index < -0.39 is 12.5 Å². The number of ether oxygens (including phenoxy) is 3. The number of benzene rings is 2. The molecule has 30 heavy (non-hydrogen) atoms. The third-order valence-corrected chi connectivity index (χ3v) is 3.85. The third-order valence-electron chi connectivity index (χ3n) is 3.85. The number of nitrogens with one attached hydrogen (secondary N) is 1. The van der Waals surface area contributed by atoms with Gasteiger partial charge in [-0.2, -0.15) is 8.78 Å². The Balaban J connectivity index is 1.82. The van der Waals surface area contributed by atoms with Crippen molar-refractivity contribution in [2.24, 2.45) is 5.73 Å². The molecular weight excluding hydrogens is 398 g/mol. The van der Waals surface area contributed by atoms with Gasteiger partial charge in [0.15, 0.2) is 18.1 Å². The van der Waals surface area contributed by atoms with Crippen LogP contribution in [0.1, 0.15) is 11.1 Å². The van der Waals surface area contributed by atoms with Gasteiger partial charge in [0, 0.05) is 12.6 Å². The zero-order chi connectivity index (χ0) is 21.9. The second-order valence-corrected chi connectivity index (χ2v) is 6.06. The molecule has 0 saturated heterocycles. The molecule has 0 saturated carbocycles. The molecule has 0 aromatic heterocycles. The minimum Gasteiger partial charge on any atom is -0.493 e. The first kappa shape index (κ1) is 22.7. The summed E-state index contributed by atoms with van der Waals surface area (Å²) in [5, 5.41) is 2.71. The molecule has 9 heteroatoms. The fourth-order valence-corrected chi connectivity index (χ4v) is 2.46. The van der Waals surface area contributed by atoms with Crippen molar-refractivity contribution in [3.05, 3.63) is 59.7 Å². The molecule has 0 heterocycles. The number of nitrogens with two attached hydrogens (primary N) is 1. The Morgan fingerprint density at radius 3 is 2.50 bits per heavy atom. The van der Waals surface area contributed by atoms with E-state index in [1.165, 1.54) is 25.3 Å². The highest BCUT2D eigenvalue weighted by Gasteiger charge is 2.11. The van der Waals surface area contributed by atoms with Crippen molar-refractivity contribution in [2.75, 3.05) is 20.3 Å². The summed E-state index contributed by atoms with van der Waals surface area (Å²) in [6.45, 7) is -2.85. The first-order chi connectivity index (χ1) is 14.4. The van der Waals surface area contributed by atoms with Crippen LogP contribution in [0.5, 0.6) is 17.2 Å². The van der Waals surface area contributed by atoms with Gasteiger partial charge in [-0.3, -0.25) is 9.59 Å². The van der Waals surface area contributed by atoms with E-state index in [1.807, 2.05) is 0 Å². The first-order valence-corrected chi connectivity index (χ1v) is 8.96. The highest BCUT2D eigenvalue weighted by molar-refractivity contribution is 5.91. The van der Waals surface area contributed by atoms with Crippen molar-refractivity contribution in [1.82, 2.24) is 5.32 Å². The van der Waals surface area contributed by atoms with Gasteiger partial charge in [0.1, 0.15) is 5.75 Å². The molecule has 3 N–H and O–H groups in total. The average molecular weight is 420 g/mol. The molecule has 0 unspecified atom stereocenters. The Morgan fingerprint density at radius 2 is 1.87 bits per heavy atom. The minimum atomic E-state index is -2.96. The molecule has 160 valence electrons. The van der Waals surface area contributed by atoms with Crippen molar-refractivity contribution < 1.29 is 32.6 Å². The van der Waals surface area contributed by atoms with Crippen LogP contribution in [0, 0.1) is 0 Å². The Kier molecular flexibility index (Phi) is 8.61. The van der Waals surface area contributed by atoms with Gasteiger partial charge in [-0.1, -0.05) is 18.2 Å². The van der Waals surface area contributed by atoms with E-state index in [1.54, 1.807) is 36.4 Å². The summed E-state index contributed by atoms with van der Waals surface area (Å²) in [5.41, 5.74) is 6.48. The standard InChI is InChI=1S/C21H22F2N2O5/c1-28-17-8-4-15(12-18(17)30-21(22)23)10-11-25-20(27)9-5-14-2-6-16(7-3-14)29-13-19(24)26/h2-9,12,21H,10-11,13H2,1H3,(H2,24,26)(H,25,27)/b9-5+. The summed E-state index contributed by atoms with van der Waals surface area (Å²) in [6.07, 6.45) is 3.42. The van der Waals surface area contributed by atoms with Crippen molar-refractivity contribution >= 4 is 17.9 Å². The molecule has 2 aromatic carbocycles. The normalized spacial score (nSPS) is 10.8. The van der Waals surface area contributed by atoms with Gasteiger partial charge in [-0.15, -0.1) is 0 Å². The Morgan fingerprint density at radius 1 is 1.13 bits per heavy atom. The molecule has 0 radical (unpaired) electrons. The number of carbonyl (C=O) groups excluding carboxylic acids is 2. The van der Waals surface area contributed by atoms with Crippen LogP contribution in [0.4, 0.5) is 8.78 Å². The second kappa shape index (κ2) is 11.4. The molecule has 0 aliphatic rings. The molecule has 0 spiro atoms. The van der Waals surface area contributed by atoms with E-state index in [0.717, 1.165) is 5.56 Å². The highest BCUT2D eigenvalue weighted by Crippen LogP contribution is 2.29. The molecule has 2 aromatic rings. The molecule has 7 nitrogen and oxygen atoms in total. The van der Waals surface area contributed by atoms with Crippen molar-refractivity contribution in [3.63, 3.8) is 0 Å². The topological polar surface area (TPSA) is 99.9 Å². The van der Waals surface area contributed by atoms with Crippen LogP contribution in [-0.2, 0) is 16.0 Å². The third kappa shape index (κ3) is 7.78. The number of methoxy groups -OCH3 is 1. The summed E-state index contributed by atoms with van der Waals surface area (Å²) in [7, 11) is 1.36. The van der Waals surface area contributed by atoms with Crippen LogP contribution < -0.4 is 25.3 Å². The zero-order valence-corrected chi connectivity index (χ0v) is 16.3. The molecule has 0 atom stereocenters. The number of primary amides is 1. The Labute approximate surface area is 172 Å². The van der Waals surface area contributed by atoms with Crippen LogP contribution in [0.25, 0.3) is 6.08 Å². The van der Waals surface area contributed by atoms with Gasteiger partial charge < -0.3 is 25.3 Å². The lowest BCUT2D eigenvalue weighted by Gasteiger charge is -2.11. The van der Waals surface area contributed by atoms with Gasteiger partial charge >= 0.3 is 6.61 Å². The average Bonchev–Trinajstić information content (AvgIpc) is 2.71. The highest BCUT2D eigenvalue weighted by atomic mass is 19.3. The molecule has 0 aliphatic heterocycles. The fraction of sp³-hybridized carbons (Fsp3) is 0.238. The van der Waals surface area contributed by atoms with E-state index >= 15 is 0 Å². The summed E-state index contributed by atoms with van der Waals surface area (Å²) < 4.78 is 39.5. The number of hydrogen-bond donors (Lipinski definition) is 2. The first-order valence-electron chi connectivity index (χ1n) is 8.96. The quantitative estimate of drug-likeness (QED) is 0.544. The van der Waals surface area contributed by atoms with Crippen LogP contribution in [-0.4, -0.2) is 38.7 Å². The van der Waals surface area contributed by atoms with Gasteiger partial charge in [0.05, 0.1) is 7.11 Å². The summed E-state index contributed by atoms with van der Waals surface area (Å²) in [5.74, 6) is -0.230. The largest absolute Gasteiger partial charge is 0.493 e. The van der Waals surface area contributed by atoms with Gasteiger partial charge in [-0.25, -0.2) is 0 Å². The second-order valence-electron chi connectivity index (χ2n) is 6.06. The van der Waals surface area contributed by atoms with Crippen LogP contribution in [0.2, 0.25) is 0 Å². The van der Waals surface area contributed by atoms with Crippen molar-refractivity contribution in [1.29, 1.82) is 0 Å². The maximum Gasteiger partial charge on any atom is 0.387 e. The number of alkyl halides is 2. The molecule has 0 aliphatic carbocycles. The van der Waals surface area contributed by atoms with E-state index in [-0.39, 0.29) is 24.0 Å². The molecule has 2 amide bonds. The lowest BCUT2D eigenvalue weighted by Crippen LogP contribution is -2.23. The maximum absolute atomic E-state index is 12.5. The Hall–Kier alpha value is -3.62. The maximum atomic E-state index is 12.5.